The molecule has 1 heterocycles. The third kappa shape index (κ3) is 8.38. The second-order valence-electron chi connectivity index (χ2n) is 8.21. The molecule has 0 aliphatic rings. The molecule has 0 spiro atoms. The third-order valence-electron chi connectivity index (χ3n) is 5.36. The lowest BCUT2D eigenvalue weighted by Gasteiger charge is -2.13. The summed E-state index contributed by atoms with van der Waals surface area (Å²) in [6, 6.07) is 11.6. The highest BCUT2D eigenvalue weighted by atomic mass is 35.5. The molecule has 2 amide bonds. The standard InChI is InChI=1S/C26H25ClF3N3O4/c1-3-16(2)11-13-36-24(34)23-15-20(10-12-31-23)37-19-7-4-17(5-8-19)32-25(35)33-18-6-9-22(27)21(14-18)26(28,29)30/h4-10,12,14-16H,3,11,13H2,1-2H3,(H2,32,33,35). The molecule has 0 aliphatic heterocycles. The van der Waals surface area contributed by atoms with Gasteiger partial charge in [-0.25, -0.2) is 14.6 Å². The molecule has 3 rings (SSSR count). The molecule has 1 aromatic heterocycles. The summed E-state index contributed by atoms with van der Waals surface area (Å²) >= 11 is 5.59. The van der Waals surface area contributed by atoms with Crippen molar-refractivity contribution >= 4 is 35.0 Å². The number of carbonyl (C=O) groups is 2. The van der Waals surface area contributed by atoms with Crippen LogP contribution in [-0.4, -0.2) is 23.6 Å². The number of nitrogens with one attached hydrogen (secondary N) is 2. The number of rotatable bonds is 9. The Morgan fingerprint density at radius 3 is 2.35 bits per heavy atom. The van der Waals surface area contributed by atoms with E-state index in [4.69, 9.17) is 21.1 Å². The van der Waals surface area contributed by atoms with Gasteiger partial charge in [0.25, 0.3) is 0 Å². The first kappa shape index (κ1) is 27.8. The van der Waals surface area contributed by atoms with Crippen molar-refractivity contribution in [1.82, 2.24) is 4.98 Å². The van der Waals surface area contributed by atoms with Crippen LogP contribution in [0.1, 0.15) is 42.7 Å². The average Bonchev–Trinajstić information content (AvgIpc) is 2.85. The van der Waals surface area contributed by atoms with E-state index in [1.807, 2.05) is 0 Å². The van der Waals surface area contributed by atoms with Gasteiger partial charge in [0.2, 0.25) is 0 Å². The van der Waals surface area contributed by atoms with E-state index in [9.17, 15) is 22.8 Å². The number of benzene rings is 2. The van der Waals surface area contributed by atoms with Gasteiger partial charge in [-0.15, -0.1) is 0 Å². The Labute approximate surface area is 216 Å². The van der Waals surface area contributed by atoms with Gasteiger partial charge < -0.3 is 20.1 Å². The van der Waals surface area contributed by atoms with E-state index in [1.54, 1.807) is 30.3 Å². The average molecular weight is 536 g/mol. The van der Waals surface area contributed by atoms with Gasteiger partial charge >= 0.3 is 18.2 Å². The van der Waals surface area contributed by atoms with Crippen LogP contribution < -0.4 is 15.4 Å². The number of alkyl halides is 3. The molecule has 0 bridgehead atoms. The number of hydrogen-bond donors (Lipinski definition) is 2. The molecule has 2 N–H and O–H groups in total. The summed E-state index contributed by atoms with van der Waals surface area (Å²) in [6.45, 7) is 4.47. The van der Waals surface area contributed by atoms with Crippen LogP contribution in [-0.2, 0) is 10.9 Å². The number of ether oxygens (including phenoxy) is 2. The number of carbonyl (C=O) groups excluding carboxylic acids is 2. The van der Waals surface area contributed by atoms with Crippen molar-refractivity contribution in [3.8, 4) is 11.5 Å². The van der Waals surface area contributed by atoms with E-state index in [-0.39, 0.29) is 11.4 Å². The zero-order chi connectivity index (χ0) is 27.0. The van der Waals surface area contributed by atoms with Gasteiger partial charge in [-0.2, -0.15) is 13.2 Å². The van der Waals surface area contributed by atoms with Crippen LogP contribution >= 0.6 is 11.6 Å². The zero-order valence-electron chi connectivity index (χ0n) is 20.1. The Bertz CT molecular complexity index is 1240. The summed E-state index contributed by atoms with van der Waals surface area (Å²) in [4.78, 5) is 28.5. The lowest BCUT2D eigenvalue weighted by Crippen LogP contribution is -2.19. The normalized spacial score (nSPS) is 11.9. The predicted molar refractivity (Wildman–Crippen MR) is 134 cm³/mol. The van der Waals surface area contributed by atoms with Crippen molar-refractivity contribution in [1.29, 1.82) is 0 Å². The van der Waals surface area contributed by atoms with Gasteiger partial charge in [-0.05, 0) is 60.9 Å². The molecule has 1 atom stereocenters. The van der Waals surface area contributed by atoms with E-state index in [0.717, 1.165) is 25.0 Å². The number of nitrogens with zero attached hydrogens (tertiary/aromatic N) is 1. The maximum atomic E-state index is 13.0. The van der Waals surface area contributed by atoms with E-state index in [0.29, 0.717) is 29.7 Å². The SMILES string of the molecule is CCC(C)CCOC(=O)c1cc(Oc2ccc(NC(=O)Nc3ccc(Cl)c(C(F)(F)F)c3)cc2)ccn1. The Morgan fingerprint density at radius 2 is 1.68 bits per heavy atom. The van der Waals surface area contributed by atoms with Crippen LogP contribution in [0.2, 0.25) is 5.02 Å². The molecule has 0 saturated heterocycles. The topological polar surface area (TPSA) is 89.5 Å². The quantitative estimate of drug-likeness (QED) is 0.273. The fourth-order valence-corrected chi connectivity index (χ4v) is 3.30. The predicted octanol–water partition coefficient (Wildman–Crippen LogP) is 7.78. The van der Waals surface area contributed by atoms with Crippen molar-refractivity contribution < 1.29 is 32.2 Å². The summed E-state index contributed by atoms with van der Waals surface area (Å²) in [7, 11) is 0. The van der Waals surface area contributed by atoms with Gasteiger partial charge in [-0.3, -0.25) is 0 Å². The van der Waals surface area contributed by atoms with Crippen molar-refractivity contribution in [2.45, 2.75) is 32.9 Å². The molecule has 2 aromatic carbocycles. The molecule has 196 valence electrons. The van der Waals surface area contributed by atoms with Crippen LogP contribution in [0.15, 0.2) is 60.8 Å². The van der Waals surface area contributed by atoms with E-state index in [1.165, 1.54) is 18.3 Å². The number of esters is 1. The van der Waals surface area contributed by atoms with Crippen molar-refractivity contribution in [2.24, 2.45) is 5.92 Å². The fraction of sp³-hybridized carbons (Fsp3) is 0.269. The Balaban J connectivity index is 1.56. The number of pyridine rings is 1. The van der Waals surface area contributed by atoms with Crippen LogP contribution in [0.5, 0.6) is 11.5 Å². The first-order chi connectivity index (χ1) is 17.5. The lowest BCUT2D eigenvalue weighted by atomic mass is 10.1. The van der Waals surface area contributed by atoms with Gasteiger partial charge in [0.15, 0.2) is 5.69 Å². The largest absolute Gasteiger partial charge is 0.461 e. The number of hydrogen-bond acceptors (Lipinski definition) is 5. The number of anilines is 2. The van der Waals surface area contributed by atoms with Gasteiger partial charge in [-0.1, -0.05) is 31.9 Å². The highest BCUT2D eigenvalue weighted by Crippen LogP contribution is 2.36. The summed E-state index contributed by atoms with van der Waals surface area (Å²) in [5.41, 5.74) is -0.629. The smallest absolute Gasteiger partial charge is 0.417 e. The first-order valence-electron chi connectivity index (χ1n) is 11.4. The fourth-order valence-electron chi connectivity index (χ4n) is 3.07. The minimum Gasteiger partial charge on any atom is -0.461 e. The molecule has 0 fully saturated rings. The minimum atomic E-state index is -4.65. The molecular formula is C26H25ClF3N3O4. The molecule has 0 saturated carbocycles. The van der Waals surface area contributed by atoms with Crippen molar-refractivity contribution in [2.75, 3.05) is 17.2 Å². The maximum Gasteiger partial charge on any atom is 0.417 e. The monoisotopic (exact) mass is 535 g/mol. The highest BCUT2D eigenvalue weighted by molar-refractivity contribution is 6.31. The Hall–Kier alpha value is -3.79. The zero-order valence-corrected chi connectivity index (χ0v) is 20.8. The molecule has 11 heteroatoms. The van der Waals surface area contributed by atoms with E-state index in [2.05, 4.69) is 29.5 Å². The molecule has 0 aliphatic carbocycles. The number of aromatic nitrogens is 1. The van der Waals surface area contributed by atoms with Crippen LogP contribution in [0.3, 0.4) is 0 Å². The lowest BCUT2D eigenvalue weighted by molar-refractivity contribution is -0.137. The summed E-state index contributed by atoms with van der Waals surface area (Å²) < 4.78 is 50.0. The van der Waals surface area contributed by atoms with Crippen LogP contribution in [0.4, 0.5) is 29.3 Å². The molecular weight excluding hydrogens is 511 g/mol. The van der Waals surface area contributed by atoms with Gasteiger partial charge in [0.05, 0.1) is 17.2 Å². The van der Waals surface area contributed by atoms with Crippen molar-refractivity contribution in [3.63, 3.8) is 0 Å². The summed E-state index contributed by atoms with van der Waals surface area (Å²) in [5.74, 6) is 0.701. The molecule has 1 unspecified atom stereocenters. The first-order valence-corrected chi connectivity index (χ1v) is 11.8. The van der Waals surface area contributed by atoms with E-state index < -0.39 is 28.8 Å². The van der Waals surface area contributed by atoms with Gasteiger partial charge in [0.1, 0.15) is 11.5 Å². The summed E-state index contributed by atoms with van der Waals surface area (Å²) in [6.07, 6.45) is -1.44. The van der Waals surface area contributed by atoms with Crippen molar-refractivity contribution in [3.05, 3.63) is 77.1 Å². The highest BCUT2D eigenvalue weighted by Gasteiger charge is 2.33. The van der Waals surface area contributed by atoms with Crippen LogP contribution in [0.25, 0.3) is 0 Å². The van der Waals surface area contributed by atoms with E-state index >= 15 is 0 Å². The Morgan fingerprint density at radius 1 is 1.00 bits per heavy atom. The second-order valence-corrected chi connectivity index (χ2v) is 8.62. The molecule has 37 heavy (non-hydrogen) atoms. The number of urea groups is 1. The molecule has 3 aromatic rings. The number of halogens is 4. The molecule has 0 radical (unpaired) electrons. The van der Waals surface area contributed by atoms with Crippen LogP contribution in [0, 0.1) is 5.92 Å². The van der Waals surface area contributed by atoms with Gasteiger partial charge in [0, 0.05) is 23.6 Å². The minimum absolute atomic E-state index is 0.0685. The second kappa shape index (κ2) is 12.4. The third-order valence-corrected chi connectivity index (χ3v) is 5.69. The molecule has 7 nitrogen and oxygen atoms in total. The Kier molecular flexibility index (Phi) is 9.35. The maximum absolute atomic E-state index is 13.0. The summed E-state index contributed by atoms with van der Waals surface area (Å²) in [5, 5.41) is 4.39. The number of amides is 2.